The molecule has 0 bridgehead atoms. The average molecular weight is 203 g/mol. The van der Waals surface area contributed by atoms with E-state index >= 15 is 0 Å². The molecular formula is C12H13NS. The van der Waals surface area contributed by atoms with Crippen LogP contribution < -0.4 is 0 Å². The van der Waals surface area contributed by atoms with E-state index in [0.717, 1.165) is 17.1 Å². The summed E-state index contributed by atoms with van der Waals surface area (Å²) in [7, 11) is 0. The van der Waals surface area contributed by atoms with Gasteiger partial charge in [0.1, 0.15) is 0 Å². The van der Waals surface area contributed by atoms with Gasteiger partial charge in [0.05, 0.1) is 10.7 Å². The summed E-state index contributed by atoms with van der Waals surface area (Å²) < 4.78 is 0. The number of aryl methyl sites for hydroxylation is 2. The predicted octanol–water partition coefficient (Wildman–Crippen LogP) is 3.68. The standard InChI is InChI=1S/C12H13NS/c1-3-11-12(13-9(2)14-11)10-7-5-4-6-8-10/h4-8H,3H2,1-2H3. The molecule has 0 aliphatic heterocycles. The summed E-state index contributed by atoms with van der Waals surface area (Å²) in [5, 5.41) is 1.15. The summed E-state index contributed by atoms with van der Waals surface area (Å²) in [6.07, 6.45) is 1.07. The van der Waals surface area contributed by atoms with Crippen molar-refractivity contribution in [3.05, 3.63) is 40.2 Å². The second-order valence-corrected chi connectivity index (χ2v) is 4.51. The van der Waals surface area contributed by atoms with E-state index in [0.29, 0.717) is 0 Å². The molecule has 0 atom stereocenters. The molecule has 1 aromatic carbocycles. The number of hydrogen-bond donors (Lipinski definition) is 0. The average Bonchev–Trinajstić information content (AvgIpc) is 2.61. The van der Waals surface area contributed by atoms with Crippen LogP contribution in [0.3, 0.4) is 0 Å². The van der Waals surface area contributed by atoms with Gasteiger partial charge in [0.15, 0.2) is 0 Å². The van der Waals surface area contributed by atoms with Gasteiger partial charge in [-0.15, -0.1) is 11.3 Å². The molecule has 0 amide bonds. The third-order valence-corrected chi connectivity index (χ3v) is 3.29. The fraction of sp³-hybridized carbons (Fsp3) is 0.250. The number of benzene rings is 1. The Bertz CT molecular complexity index is 417. The van der Waals surface area contributed by atoms with Crippen molar-refractivity contribution in [1.29, 1.82) is 0 Å². The molecule has 0 fully saturated rings. The molecule has 1 nitrogen and oxygen atoms in total. The summed E-state index contributed by atoms with van der Waals surface area (Å²) in [6, 6.07) is 10.4. The lowest BCUT2D eigenvalue weighted by molar-refractivity contribution is 1.16. The van der Waals surface area contributed by atoms with Crippen molar-refractivity contribution < 1.29 is 0 Å². The molecule has 2 aromatic rings. The van der Waals surface area contributed by atoms with E-state index in [1.165, 1.54) is 10.4 Å². The fourth-order valence-electron chi connectivity index (χ4n) is 1.53. The Balaban J connectivity index is 2.51. The zero-order valence-electron chi connectivity index (χ0n) is 8.45. The van der Waals surface area contributed by atoms with Crippen LogP contribution in [-0.4, -0.2) is 4.98 Å². The van der Waals surface area contributed by atoms with Crippen LogP contribution >= 0.6 is 11.3 Å². The molecule has 0 N–H and O–H groups in total. The van der Waals surface area contributed by atoms with Crippen molar-refractivity contribution in [3.8, 4) is 11.3 Å². The Morgan fingerprint density at radius 1 is 1.21 bits per heavy atom. The summed E-state index contributed by atoms with van der Waals surface area (Å²) in [6.45, 7) is 4.25. The predicted molar refractivity (Wildman–Crippen MR) is 61.7 cm³/mol. The molecule has 0 aliphatic rings. The van der Waals surface area contributed by atoms with Crippen LogP contribution in [0.2, 0.25) is 0 Å². The minimum absolute atomic E-state index is 1.07. The van der Waals surface area contributed by atoms with Crippen LogP contribution in [0.25, 0.3) is 11.3 Å². The number of rotatable bonds is 2. The van der Waals surface area contributed by atoms with Crippen LogP contribution in [0, 0.1) is 6.92 Å². The van der Waals surface area contributed by atoms with Gasteiger partial charge >= 0.3 is 0 Å². The summed E-state index contributed by atoms with van der Waals surface area (Å²) in [4.78, 5) is 5.95. The van der Waals surface area contributed by atoms with Gasteiger partial charge in [0.25, 0.3) is 0 Å². The van der Waals surface area contributed by atoms with E-state index in [-0.39, 0.29) is 0 Å². The Kier molecular flexibility index (Phi) is 2.64. The molecular weight excluding hydrogens is 190 g/mol. The highest BCUT2D eigenvalue weighted by molar-refractivity contribution is 7.12. The molecule has 0 saturated heterocycles. The van der Waals surface area contributed by atoms with Gasteiger partial charge in [-0.25, -0.2) is 4.98 Å². The van der Waals surface area contributed by atoms with Crippen LogP contribution in [0.5, 0.6) is 0 Å². The van der Waals surface area contributed by atoms with E-state index in [2.05, 4.69) is 43.1 Å². The molecule has 0 spiro atoms. The first kappa shape index (κ1) is 9.41. The highest BCUT2D eigenvalue weighted by atomic mass is 32.1. The van der Waals surface area contributed by atoms with Crippen molar-refractivity contribution in [2.45, 2.75) is 20.3 Å². The lowest BCUT2D eigenvalue weighted by Gasteiger charge is -1.98. The molecule has 72 valence electrons. The molecule has 0 radical (unpaired) electrons. The largest absolute Gasteiger partial charge is 0.241 e. The maximum atomic E-state index is 4.57. The normalized spacial score (nSPS) is 10.4. The highest BCUT2D eigenvalue weighted by Crippen LogP contribution is 2.27. The van der Waals surface area contributed by atoms with Crippen molar-refractivity contribution in [1.82, 2.24) is 4.98 Å². The van der Waals surface area contributed by atoms with Gasteiger partial charge in [0, 0.05) is 10.4 Å². The summed E-state index contributed by atoms with van der Waals surface area (Å²) >= 11 is 1.80. The highest BCUT2D eigenvalue weighted by Gasteiger charge is 2.08. The smallest absolute Gasteiger partial charge is 0.0904 e. The Morgan fingerprint density at radius 2 is 1.93 bits per heavy atom. The number of thiazole rings is 1. The van der Waals surface area contributed by atoms with E-state index in [4.69, 9.17) is 0 Å². The monoisotopic (exact) mass is 203 g/mol. The van der Waals surface area contributed by atoms with Crippen molar-refractivity contribution >= 4 is 11.3 Å². The molecule has 0 saturated carbocycles. The second kappa shape index (κ2) is 3.93. The summed E-state index contributed by atoms with van der Waals surface area (Å²) in [5.41, 5.74) is 2.39. The van der Waals surface area contributed by atoms with E-state index in [9.17, 15) is 0 Å². The lowest BCUT2D eigenvalue weighted by atomic mass is 10.1. The topological polar surface area (TPSA) is 12.9 Å². The van der Waals surface area contributed by atoms with Gasteiger partial charge in [0.2, 0.25) is 0 Å². The Labute approximate surface area is 88.4 Å². The molecule has 1 heterocycles. The first-order valence-electron chi connectivity index (χ1n) is 4.83. The molecule has 0 aliphatic carbocycles. The minimum atomic E-state index is 1.07. The zero-order valence-corrected chi connectivity index (χ0v) is 9.27. The maximum Gasteiger partial charge on any atom is 0.0904 e. The first-order chi connectivity index (χ1) is 6.81. The third-order valence-electron chi connectivity index (χ3n) is 2.17. The van der Waals surface area contributed by atoms with Gasteiger partial charge in [-0.05, 0) is 13.3 Å². The van der Waals surface area contributed by atoms with E-state index in [1.807, 2.05) is 6.07 Å². The van der Waals surface area contributed by atoms with Gasteiger partial charge in [-0.2, -0.15) is 0 Å². The first-order valence-corrected chi connectivity index (χ1v) is 5.64. The number of aromatic nitrogens is 1. The van der Waals surface area contributed by atoms with Crippen LogP contribution in [0.15, 0.2) is 30.3 Å². The Morgan fingerprint density at radius 3 is 2.57 bits per heavy atom. The van der Waals surface area contributed by atoms with Crippen molar-refractivity contribution in [2.75, 3.05) is 0 Å². The van der Waals surface area contributed by atoms with Crippen molar-refractivity contribution in [2.24, 2.45) is 0 Å². The van der Waals surface area contributed by atoms with Gasteiger partial charge < -0.3 is 0 Å². The lowest BCUT2D eigenvalue weighted by Crippen LogP contribution is -1.82. The third kappa shape index (κ3) is 1.70. The molecule has 14 heavy (non-hydrogen) atoms. The molecule has 1 aromatic heterocycles. The molecule has 2 rings (SSSR count). The fourth-order valence-corrected chi connectivity index (χ4v) is 2.43. The van der Waals surface area contributed by atoms with Crippen LogP contribution in [-0.2, 0) is 6.42 Å². The maximum absolute atomic E-state index is 4.57. The van der Waals surface area contributed by atoms with Crippen LogP contribution in [0.1, 0.15) is 16.8 Å². The summed E-state index contributed by atoms with van der Waals surface area (Å²) in [5.74, 6) is 0. The Hall–Kier alpha value is -1.15. The minimum Gasteiger partial charge on any atom is -0.241 e. The zero-order chi connectivity index (χ0) is 9.97. The quantitative estimate of drug-likeness (QED) is 0.725. The van der Waals surface area contributed by atoms with Gasteiger partial charge in [-0.3, -0.25) is 0 Å². The SMILES string of the molecule is CCc1sc(C)nc1-c1ccccc1. The van der Waals surface area contributed by atoms with E-state index < -0.39 is 0 Å². The molecule has 2 heteroatoms. The molecule has 0 unspecified atom stereocenters. The van der Waals surface area contributed by atoms with E-state index in [1.54, 1.807) is 11.3 Å². The second-order valence-electron chi connectivity index (χ2n) is 3.22. The van der Waals surface area contributed by atoms with Crippen LogP contribution in [0.4, 0.5) is 0 Å². The van der Waals surface area contributed by atoms with Gasteiger partial charge in [-0.1, -0.05) is 37.3 Å². The number of hydrogen-bond acceptors (Lipinski definition) is 2. The van der Waals surface area contributed by atoms with Crippen molar-refractivity contribution in [3.63, 3.8) is 0 Å². The number of nitrogens with zero attached hydrogens (tertiary/aromatic N) is 1.